The van der Waals surface area contributed by atoms with E-state index in [1.165, 1.54) is 153 Å². The van der Waals surface area contributed by atoms with Crippen molar-refractivity contribution in [3.05, 3.63) is 234 Å². The van der Waals surface area contributed by atoms with Gasteiger partial charge in [0, 0.05) is 43.2 Å². The summed E-state index contributed by atoms with van der Waals surface area (Å²) in [6.07, 6.45) is 0. The molecule has 2 nitrogen and oxygen atoms in total. The maximum atomic E-state index is 2.70. The summed E-state index contributed by atoms with van der Waals surface area (Å²) in [4.78, 5) is 5.29. The molecule has 3 heterocycles. The van der Waals surface area contributed by atoms with Crippen LogP contribution in [0.3, 0.4) is 0 Å². The summed E-state index contributed by atoms with van der Waals surface area (Å²) in [7, 11) is 0. The molecule has 0 unspecified atom stereocenters. The average molecular weight is 1190 g/mol. The smallest absolute Gasteiger partial charge is 0.264 e. The molecule has 1 aromatic heterocycles. The second-order valence-corrected chi connectivity index (χ2v) is 33.4. The number of benzene rings is 11. The van der Waals surface area contributed by atoms with E-state index in [0.29, 0.717) is 0 Å². The molecule has 12 aromatic rings. The Labute approximate surface area is 540 Å². The lowest BCUT2D eigenvalue weighted by atomic mass is 9.36. The van der Waals surface area contributed by atoms with Gasteiger partial charge in [0.15, 0.2) is 0 Å². The molecule has 0 atom stereocenters. The molecular weight excluding hydrogens is 1100 g/mol. The van der Waals surface area contributed by atoms with Gasteiger partial charge in [0.1, 0.15) is 0 Å². The minimum atomic E-state index is -0.102. The SMILES string of the molecule is CC(C)(C)c1cc(-c2ccc(N3c4ccc(-c5cc(C(C)(C)C)cc(C(C)(C)C)c5)cc4B4c5sc6ccc(C(C)(C)C)cc6c5N(c5ccc(C(C)(C)C)cc5-c5ccc6c7ccccc7c7ccccc7c6c5)c5cccc3c54)cc2)cc(C(C)(C)C)c1. The van der Waals surface area contributed by atoms with Crippen molar-refractivity contribution in [2.45, 2.75) is 157 Å². The molecule has 0 saturated heterocycles. The zero-order valence-corrected chi connectivity index (χ0v) is 57.2. The van der Waals surface area contributed by atoms with E-state index < -0.39 is 0 Å². The Bertz CT molecular complexity index is 4790. The maximum Gasteiger partial charge on any atom is 0.264 e. The zero-order chi connectivity index (χ0) is 63.5. The number of fused-ring (bicyclic) bond motifs is 12. The highest BCUT2D eigenvalue weighted by atomic mass is 32.1. The lowest BCUT2D eigenvalue weighted by Crippen LogP contribution is -2.60. The molecule has 11 aromatic carbocycles. The van der Waals surface area contributed by atoms with Crippen molar-refractivity contribution in [2.24, 2.45) is 0 Å². The molecule has 4 heteroatoms. The summed E-state index contributed by atoms with van der Waals surface area (Å²) in [5.74, 6) is 0. The van der Waals surface area contributed by atoms with Crippen LogP contribution in [0.5, 0.6) is 0 Å². The Hall–Kier alpha value is -8.18. The Balaban J connectivity index is 1.05. The third kappa shape index (κ3) is 10.1. The molecule has 0 saturated carbocycles. The molecule has 14 rings (SSSR count). The molecule has 0 radical (unpaired) electrons. The largest absolute Gasteiger partial charge is 0.311 e. The highest BCUT2D eigenvalue weighted by Crippen LogP contribution is 2.52. The third-order valence-electron chi connectivity index (χ3n) is 19.7. The van der Waals surface area contributed by atoms with Gasteiger partial charge in [0.2, 0.25) is 0 Å². The second kappa shape index (κ2) is 20.7. The number of nitrogens with zero attached hydrogens (tertiary/aromatic N) is 2. The van der Waals surface area contributed by atoms with Crippen LogP contribution in [0.1, 0.15) is 158 Å². The van der Waals surface area contributed by atoms with Crippen LogP contribution < -0.4 is 25.5 Å². The van der Waals surface area contributed by atoms with Crippen LogP contribution >= 0.6 is 11.3 Å². The van der Waals surface area contributed by atoms with Crippen LogP contribution in [-0.2, 0) is 32.5 Å². The standard InChI is InChI=1S/C86H87BN2S/c1-81(2,3)57-34-40-73(69(50-57)54-32-38-68-66-26-20-19-24-64(66)65-25-21-22-27-67(65)70(68)46-54)89-76-29-23-28-75-78(76)87(80-79(89)71-51-58(82(4,5)6)35-41-77(71)90-80)72-47-53(56-44-61(85(13,14)15)49-62(45-56)86(16,17)18)33-39-74(72)88(75)63-36-30-52(31-37-63)55-42-59(83(7,8)9)48-60(43-55)84(10,11)12/h19-51H,1-18H3. The van der Waals surface area contributed by atoms with Crippen molar-refractivity contribution in [2.75, 3.05) is 9.80 Å². The summed E-state index contributed by atoms with van der Waals surface area (Å²) >= 11 is 1.99. The Kier molecular flexibility index (Phi) is 13.7. The van der Waals surface area contributed by atoms with Gasteiger partial charge >= 0.3 is 0 Å². The molecule has 0 bridgehead atoms. The normalized spacial score (nSPS) is 13.8. The predicted octanol–water partition coefficient (Wildman–Crippen LogP) is 23.2. The predicted molar refractivity (Wildman–Crippen MR) is 397 cm³/mol. The molecule has 2 aliphatic rings. The number of hydrogen-bond donors (Lipinski definition) is 0. The van der Waals surface area contributed by atoms with Crippen LogP contribution in [0.25, 0.3) is 75.8 Å². The van der Waals surface area contributed by atoms with Gasteiger partial charge in [-0.1, -0.05) is 264 Å². The first-order valence-electron chi connectivity index (χ1n) is 32.8. The molecule has 2 aliphatic heterocycles. The van der Waals surface area contributed by atoms with Gasteiger partial charge < -0.3 is 9.80 Å². The molecule has 90 heavy (non-hydrogen) atoms. The van der Waals surface area contributed by atoms with Crippen molar-refractivity contribution in [1.29, 1.82) is 0 Å². The van der Waals surface area contributed by atoms with Gasteiger partial charge in [-0.2, -0.15) is 0 Å². The Morgan fingerprint density at radius 2 is 0.733 bits per heavy atom. The first-order valence-corrected chi connectivity index (χ1v) is 33.6. The van der Waals surface area contributed by atoms with Crippen molar-refractivity contribution in [1.82, 2.24) is 0 Å². The fourth-order valence-electron chi connectivity index (χ4n) is 14.2. The van der Waals surface area contributed by atoms with E-state index in [0.717, 1.165) is 5.69 Å². The number of rotatable bonds is 5. The van der Waals surface area contributed by atoms with Crippen LogP contribution in [0.4, 0.5) is 34.1 Å². The van der Waals surface area contributed by atoms with Gasteiger partial charge in [-0.05, 0) is 198 Å². The van der Waals surface area contributed by atoms with E-state index in [2.05, 4.69) is 335 Å². The minimum Gasteiger partial charge on any atom is -0.311 e. The van der Waals surface area contributed by atoms with E-state index in [9.17, 15) is 0 Å². The first-order chi connectivity index (χ1) is 42.4. The molecule has 0 spiro atoms. The van der Waals surface area contributed by atoms with E-state index in [-0.39, 0.29) is 39.2 Å². The highest BCUT2D eigenvalue weighted by Gasteiger charge is 2.46. The first kappa shape index (κ1) is 59.4. The van der Waals surface area contributed by atoms with E-state index in [1.807, 2.05) is 11.3 Å². The topological polar surface area (TPSA) is 6.48 Å². The summed E-state index contributed by atoms with van der Waals surface area (Å²) in [6.45, 7) is 42.2. The fourth-order valence-corrected chi connectivity index (χ4v) is 15.5. The lowest BCUT2D eigenvalue weighted by molar-refractivity contribution is 0.568. The summed E-state index contributed by atoms with van der Waals surface area (Å²) in [6, 6.07) is 78.7. The monoisotopic (exact) mass is 1190 g/mol. The van der Waals surface area contributed by atoms with E-state index >= 15 is 0 Å². The number of hydrogen-bond acceptors (Lipinski definition) is 3. The molecule has 0 amide bonds. The van der Waals surface area contributed by atoms with Gasteiger partial charge in [-0.3, -0.25) is 0 Å². The fraction of sp³-hybridized carbons (Fsp3) is 0.279. The van der Waals surface area contributed by atoms with Crippen molar-refractivity contribution >= 4 is 110 Å². The van der Waals surface area contributed by atoms with Gasteiger partial charge in [-0.25, -0.2) is 0 Å². The maximum absolute atomic E-state index is 2.70. The molecule has 0 aliphatic carbocycles. The van der Waals surface area contributed by atoms with Crippen LogP contribution in [-0.4, -0.2) is 6.71 Å². The lowest BCUT2D eigenvalue weighted by Gasteiger charge is -2.43. The Morgan fingerprint density at radius 3 is 1.27 bits per heavy atom. The van der Waals surface area contributed by atoms with Crippen molar-refractivity contribution in [3.63, 3.8) is 0 Å². The summed E-state index contributed by atoms with van der Waals surface area (Å²) in [5, 5.41) is 8.99. The highest BCUT2D eigenvalue weighted by molar-refractivity contribution is 7.33. The quantitative estimate of drug-likeness (QED) is 0.125. The van der Waals surface area contributed by atoms with Crippen LogP contribution in [0.15, 0.2) is 200 Å². The van der Waals surface area contributed by atoms with E-state index in [1.54, 1.807) is 0 Å². The zero-order valence-electron chi connectivity index (χ0n) is 56.4. The van der Waals surface area contributed by atoms with Crippen molar-refractivity contribution < 1.29 is 0 Å². The minimum absolute atomic E-state index is 0.00374. The van der Waals surface area contributed by atoms with Gasteiger partial charge in [0.25, 0.3) is 6.71 Å². The average Bonchev–Trinajstić information content (AvgIpc) is 1.29. The van der Waals surface area contributed by atoms with Crippen molar-refractivity contribution in [3.8, 4) is 33.4 Å². The summed E-state index contributed by atoms with van der Waals surface area (Å²) < 4.78 is 2.68. The molecule has 450 valence electrons. The molecule has 0 N–H and O–H groups in total. The van der Waals surface area contributed by atoms with Crippen LogP contribution in [0, 0.1) is 0 Å². The molecular formula is C86H87BN2S. The third-order valence-corrected chi connectivity index (χ3v) is 21.0. The number of thiophene rings is 1. The van der Waals surface area contributed by atoms with E-state index in [4.69, 9.17) is 0 Å². The summed E-state index contributed by atoms with van der Waals surface area (Å²) in [5.41, 5.74) is 25.2. The van der Waals surface area contributed by atoms with Gasteiger partial charge in [-0.15, -0.1) is 11.3 Å². The van der Waals surface area contributed by atoms with Crippen LogP contribution in [0.2, 0.25) is 0 Å². The van der Waals surface area contributed by atoms with Gasteiger partial charge in [0.05, 0.1) is 11.4 Å². The second-order valence-electron chi connectivity index (χ2n) is 32.3. The molecule has 0 fully saturated rings. The number of anilines is 6. The Morgan fingerprint density at radius 1 is 0.289 bits per heavy atom.